The van der Waals surface area contributed by atoms with Gasteiger partial charge in [0, 0.05) is 19.5 Å². The van der Waals surface area contributed by atoms with E-state index in [0.717, 1.165) is 0 Å². The number of halogens is 1. The van der Waals surface area contributed by atoms with Gasteiger partial charge in [-0.25, -0.2) is 4.39 Å². The smallest absolute Gasteiger partial charge is 0.323 e. The predicted molar refractivity (Wildman–Crippen MR) is 68.0 cm³/mol. The molecule has 0 amide bonds. The van der Waals surface area contributed by atoms with Gasteiger partial charge in [-0.3, -0.25) is 9.69 Å². The zero-order chi connectivity index (χ0) is 14.7. The molecule has 0 aromatic heterocycles. The van der Waals surface area contributed by atoms with Gasteiger partial charge in [-0.2, -0.15) is 5.26 Å². The fourth-order valence-corrected chi connectivity index (χ4v) is 2.43. The molecule has 0 spiro atoms. The van der Waals surface area contributed by atoms with Gasteiger partial charge in [-0.1, -0.05) is 6.07 Å². The van der Waals surface area contributed by atoms with Crippen molar-refractivity contribution in [1.29, 1.82) is 5.26 Å². The number of benzene rings is 1. The van der Waals surface area contributed by atoms with Crippen molar-refractivity contribution in [2.75, 3.05) is 13.7 Å². The average molecular weight is 278 g/mol. The third-order valence-electron chi connectivity index (χ3n) is 3.39. The second-order valence-electron chi connectivity index (χ2n) is 4.78. The first-order chi connectivity index (χ1) is 9.55. The summed E-state index contributed by atoms with van der Waals surface area (Å²) < 4.78 is 18.0. The molecule has 0 aliphatic carbocycles. The first-order valence-electron chi connectivity index (χ1n) is 6.23. The first kappa shape index (κ1) is 14.4. The van der Waals surface area contributed by atoms with E-state index in [1.807, 2.05) is 0 Å². The van der Waals surface area contributed by atoms with Crippen LogP contribution in [0, 0.1) is 17.1 Å². The molecule has 1 aromatic carbocycles. The Morgan fingerprint density at radius 1 is 1.65 bits per heavy atom. The lowest BCUT2D eigenvalue weighted by atomic mass is 10.1. The van der Waals surface area contributed by atoms with Crippen molar-refractivity contribution in [2.24, 2.45) is 0 Å². The molecule has 2 atom stereocenters. The van der Waals surface area contributed by atoms with Gasteiger partial charge in [0.25, 0.3) is 0 Å². The topological polar surface area (TPSA) is 73.6 Å². The minimum atomic E-state index is -0.588. The van der Waals surface area contributed by atoms with Gasteiger partial charge in [-0.15, -0.1) is 0 Å². The Bertz CT molecular complexity index is 556. The Kier molecular flexibility index (Phi) is 4.32. The van der Waals surface area contributed by atoms with Crippen LogP contribution in [0.4, 0.5) is 4.39 Å². The lowest BCUT2D eigenvalue weighted by Gasteiger charge is -2.22. The molecule has 1 saturated heterocycles. The third-order valence-corrected chi connectivity index (χ3v) is 3.39. The Morgan fingerprint density at radius 3 is 3.05 bits per heavy atom. The molecule has 5 nitrogen and oxygen atoms in total. The number of hydrogen-bond donors (Lipinski definition) is 1. The summed E-state index contributed by atoms with van der Waals surface area (Å²) in [6, 6.07) is 5.52. The van der Waals surface area contributed by atoms with Crippen LogP contribution in [-0.2, 0) is 16.1 Å². The summed E-state index contributed by atoms with van der Waals surface area (Å²) in [5.41, 5.74) is 0.683. The van der Waals surface area contributed by atoms with Gasteiger partial charge in [0.05, 0.1) is 18.8 Å². The molecule has 2 rings (SSSR count). The Hall–Kier alpha value is -1.97. The quantitative estimate of drug-likeness (QED) is 0.828. The number of methoxy groups -OCH3 is 1. The van der Waals surface area contributed by atoms with Gasteiger partial charge >= 0.3 is 5.97 Å². The molecule has 6 heteroatoms. The van der Waals surface area contributed by atoms with Gasteiger partial charge in [-0.05, 0) is 17.7 Å². The molecule has 0 bridgehead atoms. The SMILES string of the molecule is COC(=O)C1CC(O)CN1Cc1ccc(F)c(C#N)c1. The number of esters is 1. The molecule has 1 heterocycles. The predicted octanol–water partition coefficient (Wildman–Crippen LogP) is 0.806. The fraction of sp³-hybridized carbons (Fsp3) is 0.429. The van der Waals surface area contributed by atoms with Gasteiger partial charge < -0.3 is 9.84 Å². The summed E-state index contributed by atoms with van der Waals surface area (Å²) in [7, 11) is 1.30. The molecule has 1 aliphatic heterocycles. The second-order valence-corrected chi connectivity index (χ2v) is 4.78. The molecule has 1 aliphatic rings. The number of β-amino-alcohol motifs (C(OH)–C–C–N with tert-alkyl or cyclic N) is 1. The van der Waals surface area contributed by atoms with Crippen LogP contribution in [0.5, 0.6) is 0 Å². The van der Waals surface area contributed by atoms with Crippen molar-refractivity contribution in [3.63, 3.8) is 0 Å². The van der Waals surface area contributed by atoms with Crippen molar-refractivity contribution in [3.8, 4) is 6.07 Å². The molecular weight excluding hydrogens is 263 g/mol. The maximum atomic E-state index is 13.3. The highest BCUT2D eigenvalue weighted by atomic mass is 19.1. The van der Waals surface area contributed by atoms with E-state index in [1.165, 1.54) is 19.2 Å². The minimum Gasteiger partial charge on any atom is -0.468 e. The highest BCUT2D eigenvalue weighted by molar-refractivity contribution is 5.76. The number of hydrogen-bond acceptors (Lipinski definition) is 5. The van der Waals surface area contributed by atoms with E-state index < -0.39 is 23.9 Å². The summed E-state index contributed by atoms with van der Waals surface area (Å²) in [6.45, 7) is 0.699. The van der Waals surface area contributed by atoms with Crippen molar-refractivity contribution < 1.29 is 19.0 Å². The lowest BCUT2D eigenvalue weighted by Crippen LogP contribution is -2.36. The molecule has 1 N–H and O–H groups in total. The van der Waals surface area contributed by atoms with E-state index >= 15 is 0 Å². The largest absolute Gasteiger partial charge is 0.468 e. The Labute approximate surface area is 116 Å². The van der Waals surface area contributed by atoms with Crippen LogP contribution in [0.25, 0.3) is 0 Å². The summed E-state index contributed by atoms with van der Waals surface area (Å²) >= 11 is 0. The number of aliphatic hydroxyl groups is 1. The molecule has 0 saturated carbocycles. The lowest BCUT2D eigenvalue weighted by molar-refractivity contribution is -0.146. The monoisotopic (exact) mass is 278 g/mol. The average Bonchev–Trinajstić information content (AvgIpc) is 2.80. The fourth-order valence-electron chi connectivity index (χ4n) is 2.43. The molecule has 1 fully saturated rings. The van der Waals surface area contributed by atoms with Gasteiger partial charge in [0.15, 0.2) is 0 Å². The minimum absolute atomic E-state index is 0.0307. The summed E-state index contributed by atoms with van der Waals surface area (Å²) in [6.07, 6.45) is -0.270. The number of carbonyl (C=O) groups is 1. The van der Waals surface area contributed by atoms with Crippen LogP contribution in [0.1, 0.15) is 17.5 Å². The highest BCUT2D eigenvalue weighted by Crippen LogP contribution is 2.22. The van der Waals surface area contributed by atoms with E-state index in [9.17, 15) is 14.3 Å². The molecule has 0 radical (unpaired) electrons. The van der Waals surface area contributed by atoms with Crippen LogP contribution in [0.2, 0.25) is 0 Å². The van der Waals surface area contributed by atoms with Gasteiger partial charge in [0.1, 0.15) is 17.9 Å². The van der Waals surface area contributed by atoms with Crippen molar-refractivity contribution in [1.82, 2.24) is 4.90 Å². The van der Waals surface area contributed by atoms with Crippen molar-refractivity contribution in [2.45, 2.75) is 25.1 Å². The maximum absolute atomic E-state index is 13.3. The van der Waals surface area contributed by atoms with E-state index in [0.29, 0.717) is 25.1 Å². The van der Waals surface area contributed by atoms with Gasteiger partial charge in [0.2, 0.25) is 0 Å². The number of nitrogens with zero attached hydrogens (tertiary/aromatic N) is 2. The van der Waals surface area contributed by atoms with Crippen molar-refractivity contribution in [3.05, 3.63) is 35.1 Å². The number of rotatable bonds is 3. The standard InChI is InChI=1S/C14H15FN2O3/c1-20-14(19)13-5-11(18)8-17(13)7-9-2-3-12(15)10(4-9)6-16/h2-4,11,13,18H,5,7-8H2,1H3. The molecule has 1 aromatic rings. The third kappa shape index (κ3) is 2.95. The highest BCUT2D eigenvalue weighted by Gasteiger charge is 2.36. The number of likely N-dealkylation sites (tertiary alicyclic amines) is 1. The Balaban J connectivity index is 2.16. The summed E-state index contributed by atoms with van der Waals surface area (Å²) in [5.74, 6) is -0.966. The van der Waals surface area contributed by atoms with E-state index in [2.05, 4.69) is 0 Å². The van der Waals surface area contributed by atoms with E-state index in [4.69, 9.17) is 10.00 Å². The zero-order valence-corrected chi connectivity index (χ0v) is 11.0. The van der Waals surface area contributed by atoms with E-state index in [-0.39, 0.29) is 5.56 Å². The summed E-state index contributed by atoms with van der Waals surface area (Å²) in [5, 5.41) is 18.5. The molecule has 20 heavy (non-hydrogen) atoms. The molecule has 2 unspecified atom stereocenters. The number of ether oxygens (including phenoxy) is 1. The summed E-state index contributed by atoms with van der Waals surface area (Å²) in [4.78, 5) is 13.4. The first-order valence-corrected chi connectivity index (χ1v) is 6.23. The van der Waals surface area contributed by atoms with Crippen LogP contribution in [0.15, 0.2) is 18.2 Å². The van der Waals surface area contributed by atoms with Crippen LogP contribution < -0.4 is 0 Å². The molecular formula is C14H15FN2O3. The number of carbonyl (C=O) groups excluding carboxylic acids is 1. The Morgan fingerprint density at radius 2 is 2.40 bits per heavy atom. The second kappa shape index (κ2) is 5.99. The zero-order valence-electron chi connectivity index (χ0n) is 11.0. The number of nitriles is 1. The number of aliphatic hydroxyl groups excluding tert-OH is 1. The molecule has 106 valence electrons. The normalized spacial score (nSPS) is 22.5. The van der Waals surface area contributed by atoms with Crippen LogP contribution in [0.3, 0.4) is 0 Å². The van der Waals surface area contributed by atoms with E-state index in [1.54, 1.807) is 17.0 Å². The van der Waals surface area contributed by atoms with Crippen molar-refractivity contribution >= 4 is 5.97 Å². The maximum Gasteiger partial charge on any atom is 0.323 e. The van der Waals surface area contributed by atoms with Crippen LogP contribution in [-0.4, -0.2) is 41.8 Å². The van der Waals surface area contributed by atoms with Crippen LogP contribution >= 0.6 is 0 Å².